The first-order chi connectivity index (χ1) is 9.80. The maximum absolute atomic E-state index is 9.42. The van der Waals surface area contributed by atoms with Crippen molar-refractivity contribution >= 4 is 0 Å². The third-order valence-corrected chi connectivity index (χ3v) is 4.56. The Kier molecular flexibility index (Phi) is 6.02. The molecule has 2 atom stereocenters. The number of hydrogen-bond acceptors (Lipinski definition) is 3. The Morgan fingerprint density at radius 3 is 2.05 bits per heavy atom. The molecule has 1 heterocycles. The lowest BCUT2D eigenvalue weighted by molar-refractivity contribution is 0.0443. The monoisotopic (exact) mass is 276 g/mol. The molecule has 112 valence electrons. The van der Waals surface area contributed by atoms with Crippen LogP contribution in [0.5, 0.6) is 0 Å². The summed E-state index contributed by atoms with van der Waals surface area (Å²) < 4.78 is 0. The predicted molar refractivity (Wildman–Crippen MR) is 83.8 cm³/mol. The second-order valence-corrected chi connectivity index (χ2v) is 5.65. The van der Waals surface area contributed by atoms with Crippen molar-refractivity contribution in [2.75, 3.05) is 32.8 Å². The van der Waals surface area contributed by atoms with Crippen LogP contribution in [0, 0.1) is 0 Å². The minimum absolute atomic E-state index is 0.284. The van der Waals surface area contributed by atoms with E-state index in [0.717, 1.165) is 39.0 Å². The van der Waals surface area contributed by atoms with Gasteiger partial charge in [0, 0.05) is 38.3 Å². The molecule has 0 saturated carbocycles. The van der Waals surface area contributed by atoms with Gasteiger partial charge >= 0.3 is 0 Å². The summed E-state index contributed by atoms with van der Waals surface area (Å²) in [5, 5.41) is 9.42. The predicted octanol–water partition coefficient (Wildman–Crippen LogP) is 2.53. The fraction of sp³-hybridized carbons (Fsp3) is 0.647. The molecule has 1 aliphatic heterocycles. The van der Waals surface area contributed by atoms with Gasteiger partial charge in [-0.3, -0.25) is 9.80 Å². The van der Waals surface area contributed by atoms with Gasteiger partial charge in [0.2, 0.25) is 0 Å². The van der Waals surface area contributed by atoms with Gasteiger partial charge in [-0.15, -0.1) is 0 Å². The lowest BCUT2D eigenvalue weighted by Gasteiger charge is -2.41. The minimum Gasteiger partial charge on any atom is -0.395 e. The van der Waals surface area contributed by atoms with E-state index >= 15 is 0 Å². The van der Waals surface area contributed by atoms with Crippen LogP contribution in [0.2, 0.25) is 0 Å². The molecular formula is C17H28N2O. The Hall–Kier alpha value is -0.900. The van der Waals surface area contributed by atoms with Crippen molar-refractivity contribution in [3.05, 3.63) is 35.9 Å². The first-order valence-electron chi connectivity index (χ1n) is 7.94. The highest BCUT2D eigenvalue weighted by molar-refractivity contribution is 5.19. The Bertz CT molecular complexity index is 370. The molecule has 0 amide bonds. The Balaban J connectivity index is 1.95. The van der Waals surface area contributed by atoms with E-state index in [1.807, 2.05) is 0 Å². The molecule has 20 heavy (non-hydrogen) atoms. The average Bonchev–Trinajstić information content (AvgIpc) is 2.52. The fourth-order valence-electron chi connectivity index (χ4n) is 3.30. The molecule has 1 fully saturated rings. The molecule has 0 aliphatic carbocycles. The minimum atomic E-state index is 0.284. The molecule has 1 aliphatic rings. The van der Waals surface area contributed by atoms with E-state index in [1.54, 1.807) is 0 Å². The molecule has 1 N–H and O–H groups in total. The molecule has 1 aromatic carbocycles. The summed E-state index contributed by atoms with van der Waals surface area (Å²) in [6, 6.07) is 11.7. The van der Waals surface area contributed by atoms with Gasteiger partial charge in [0.25, 0.3) is 0 Å². The van der Waals surface area contributed by atoms with Crippen molar-refractivity contribution in [2.24, 2.45) is 0 Å². The number of benzene rings is 1. The first-order valence-corrected chi connectivity index (χ1v) is 7.94. The van der Waals surface area contributed by atoms with Crippen LogP contribution in [0.4, 0.5) is 0 Å². The second kappa shape index (κ2) is 7.77. The molecule has 3 nitrogen and oxygen atoms in total. The number of aliphatic hydroxyl groups is 1. The standard InChI is InChI=1S/C17H28N2O/c1-3-16(14-20)18-10-12-19(13-11-18)17(4-2)15-8-6-5-7-9-15/h5-9,16-17,20H,3-4,10-14H2,1-2H3/t16-,17+/m1/s1. The van der Waals surface area contributed by atoms with Gasteiger partial charge in [-0.2, -0.15) is 0 Å². The first kappa shape index (κ1) is 15.5. The Morgan fingerprint density at radius 1 is 0.950 bits per heavy atom. The second-order valence-electron chi connectivity index (χ2n) is 5.65. The maximum Gasteiger partial charge on any atom is 0.0586 e. The van der Waals surface area contributed by atoms with Crippen LogP contribution in [0.25, 0.3) is 0 Å². The van der Waals surface area contributed by atoms with Gasteiger partial charge in [-0.05, 0) is 18.4 Å². The molecule has 0 radical (unpaired) electrons. The summed E-state index contributed by atoms with van der Waals surface area (Å²) in [5.41, 5.74) is 1.43. The van der Waals surface area contributed by atoms with Crippen LogP contribution in [0.3, 0.4) is 0 Å². The van der Waals surface area contributed by atoms with E-state index in [2.05, 4.69) is 54.0 Å². The number of rotatable bonds is 6. The quantitative estimate of drug-likeness (QED) is 0.865. The number of nitrogens with zero attached hydrogens (tertiary/aromatic N) is 2. The topological polar surface area (TPSA) is 26.7 Å². The zero-order valence-electron chi connectivity index (χ0n) is 12.8. The van der Waals surface area contributed by atoms with Gasteiger partial charge in [0.1, 0.15) is 0 Å². The summed E-state index contributed by atoms with van der Waals surface area (Å²) in [5.74, 6) is 0. The molecule has 1 saturated heterocycles. The van der Waals surface area contributed by atoms with Crippen LogP contribution in [-0.4, -0.2) is 53.7 Å². The molecule has 2 rings (SSSR count). The zero-order chi connectivity index (χ0) is 14.4. The number of piperazine rings is 1. The van der Waals surface area contributed by atoms with Crippen LogP contribution in [0.15, 0.2) is 30.3 Å². The van der Waals surface area contributed by atoms with E-state index in [9.17, 15) is 5.11 Å². The van der Waals surface area contributed by atoms with Crippen molar-refractivity contribution in [3.63, 3.8) is 0 Å². The van der Waals surface area contributed by atoms with E-state index in [1.165, 1.54) is 5.56 Å². The highest BCUT2D eigenvalue weighted by Gasteiger charge is 2.26. The Morgan fingerprint density at radius 2 is 1.55 bits per heavy atom. The van der Waals surface area contributed by atoms with Crippen molar-refractivity contribution in [3.8, 4) is 0 Å². The largest absolute Gasteiger partial charge is 0.395 e. The smallest absolute Gasteiger partial charge is 0.0586 e. The average molecular weight is 276 g/mol. The number of aliphatic hydroxyl groups excluding tert-OH is 1. The van der Waals surface area contributed by atoms with Crippen molar-refractivity contribution in [2.45, 2.75) is 38.8 Å². The SMILES string of the molecule is CC[C@H](CO)N1CCN([C@@H](CC)c2ccccc2)CC1. The molecule has 1 aromatic rings. The highest BCUT2D eigenvalue weighted by atomic mass is 16.3. The molecule has 3 heteroatoms. The van der Waals surface area contributed by atoms with E-state index in [4.69, 9.17) is 0 Å². The maximum atomic E-state index is 9.42. The Labute approximate surface area is 123 Å². The lowest BCUT2D eigenvalue weighted by Crippen LogP contribution is -2.51. The molecule has 0 unspecified atom stereocenters. The number of hydrogen-bond donors (Lipinski definition) is 1. The van der Waals surface area contributed by atoms with E-state index in [0.29, 0.717) is 12.1 Å². The van der Waals surface area contributed by atoms with E-state index in [-0.39, 0.29) is 6.61 Å². The van der Waals surface area contributed by atoms with Gasteiger partial charge < -0.3 is 5.11 Å². The van der Waals surface area contributed by atoms with Gasteiger partial charge in [0.15, 0.2) is 0 Å². The highest BCUT2D eigenvalue weighted by Crippen LogP contribution is 2.25. The molecule has 0 aromatic heterocycles. The summed E-state index contributed by atoms with van der Waals surface area (Å²) in [4.78, 5) is 5.03. The van der Waals surface area contributed by atoms with Gasteiger partial charge in [-0.1, -0.05) is 44.2 Å². The van der Waals surface area contributed by atoms with Crippen LogP contribution in [-0.2, 0) is 0 Å². The fourth-order valence-corrected chi connectivity index (χ4v) is 3.30. The van der Waals surface area contributed by atoms with Crippen molar-refractivity contribution < 1.29 is 5.11 Å². The normalized spacial score (nSPS) is 20.8. The lowest BCUT2D eigenvalue weighted by atomic mass is 10.0. The van der Waals surface area contributed by atoms with Gasteiger partial charge in [0.05, 0.1) is 6.61 Å². The van der Waals surface area contributed by atoms with Crippen molar-refractivity contribution in [1.29, 1.82) is 0 Å². The summed E-state index contributed by atoms with van der Waals surface area (Å²) in [7, 11) is 0. The molecule has 0 spiro atoms. The van der Waals surface area contributed by atoms with Gasteiger partial charge in [-0.25, -0.2) is 0 Å². The third kappa shape index (κ3) is 3.60. The van der Waals surface area contributed by atoms with E-state index < -0.39 is 0 Å². The molecule has 0 bridgehead atoms. The van der Waals surface area contributed by atoms with Crippen LogP contribution in [0.1, 0.15) is 38.3 Å². The van der Waals surface area contributed by atoms with Crippen molar-refractivity contribution in [1.82, 2.24) is 9.80 Å². The zero-order valence-corrected chi connectivity index (χ0v) is 12.8. The summed E-state index contributed by atoms with van der Waals surface area (Å²) in [6.45, 7) is 9.06. The van der Waals surface area contributed by atoms with Crippen LogP contribution < -0.4 is 0 Å². The molecular weight excluding hydrogens is 248 g/mol. The summed E-state index contributed by atoms with van der Waals surface area (Å²) >= 11 is 0. The van der Waals surface area contributed by atoms with Crippen LogP contribution >= 0.6 is 0 Å². The summed E-state index contributed by atoms with van der Waals surface area (Å²) in [6.07, 6.45) is 2.19. The third-order valence-electron chi connectivity index (χ3n) is 4.56.